The molecular formula is C48H33N3S2. The van der Waals surface area contributed by atoms with Gasteiger partial charge in [-0.15, -0.1) is 22.7 Å². The Bertz CT molecular complexity index is 3200. The smallest absolute Gasteiger partial charge is 0.0805 e. The van der Waals surface area contributed by atoms with Crippen LogP contribution in [-0.4, -0.2) is 10.3 Å². The number of thiophene rings is 2. The average molecular weight is 716 g/mol. The van der Waals surface area contributed by atoms with Gasteiger partial charge in [0, 0.05) is 57.7 Å². The largest absolute Gasteiger partial charge is 0.397 e. The SMILES string of the molecule is Cc1ccc(-n2c3ccccc3c3ccc4c(ccc5ccc6sc7ccccc7c6c54)c32)cc1.N=C(c1ccccc1)c1sc2ccccc2c1N. The zero-order chi connectivity index (χ0) is 35.6. The van der Waals surface area contributed by atoms with E-state index < -0.39 is 0 Å². The second-order valence-corrected chi connectivity index (χ2v) is 15.7. The summed E-state index contributed by atoms with van der Waals surface area (Å²) in [6, 6.07) is 58.1. The van der Waals surface area contributed by atoms with E-state index in [9.17, 15) is 0 Å². The Balaban J connectivity index is 0.000000164. The summed E-state index contributed by atoms with van der Waals surface area (Å²) in [5, 5.41) is 19.9. The molecule has 0 amide bonds. The van der Waals surface area contributed by atoms with Crippen molar-refractivity contribution in [2.24, 2.45) is 0 Å². The van der Waals surface area contributed by atoms with Crippen molar-refractivity contribution in [2.75, 3.05) is 5.73 Å². The van der Waals surface area contributed by atoms with E-state index in [0.29, 0.717) is 11.4 Å². The predicted octanol–water partition coefficient (Wildman–Crippen LogP) is 13.7. The van der Waals surface area contributed by atoms with E-state index >= 15 is 0 Å². The predicted molar refractivity (Wildman–Crippen MR) is 232 cm³/mol. The molecule has 3 aromatic heterocycles. The zero-order valence-corrected chi connectivity index (χ0v) is 30.6. The van der Waals surface area contributed by atoms with Crippen LogP contribution in [-0.2, 0) is 0 Å². The van der Waals surface area contributed by atoms with Crippen molar-refractivity contribution in [1.82, 2.24) is 4.57 Å². The number of nitrogens with one attached hydrogen (secondary N) is 1. The van der Waals surface area contributed by atoms with Crippen LogP contribution in [0.3, 0.4) is 0 Å². The van der Waals surface area contributed by atoms with Crippen LogP contribution in [0.15, 0.2) is 164 Å². The van der Waals surface area contributed by atoms with Crippen molar-refractivity contribution in [1.29, 1.82) is 5.41 Å². The number of aryl methyl sites for hydroxylation is 1. The summed E-state index contributed by atoms with van der Waals surface area (Å²) in [6.07, 6.45) is 0. The quantitative estimate of drug-likeness (QED) is 0.139. The average Bonchev–Trinajstić information content (AvgIpc) is 3.88. The number of hydrogen-bond acceptors (Lipinski definition) is 4. The highest BCUT2D eigenvalue weighted by Gasteiger charge is 2.18. The van der Waals surface area contributed by atoms with Gasteiger partial charge in [0.2, 0.25) is 0 Å². The molecule has 0 bridgehead atoms. The third-order valence-electron chi connectivity index (χ3n) is 10.4. The number of rotatable bonds is 3. The summed E-state index contributed by atoms with van der Waals surface area (Å²) in [5.74, 6) is 0. The Labute approximate surface area is 314 Å². The highest BCUT2D eigenvalue weighted by atomic mass is 32.1. The van der Waals surface area contributed by atoms with Crippen LogP contribution in [0, 0.1) is 12.3 Å². The number of hydrogen-bond donors (Lipinski definition) is 2. The highest BCUT2D eigenvalue weighted by molar-refractivity contribution is 7.26. The molecule has 0 saturated heterocycles. The second-order valence-electron chi connectivity index (χ2n) is 13.5. The molecule has 8 aromatic carbocycles. The number of nitrogens with two attached hydrogens (primary N) is 1. The summed E-state index contributed by atoms with van der Waals surface area (Å²) in [7, 11) is 0. The summed E-state index contributed by atoms with van der Waals surface area (Å²) in [4.78, 5) is 0.849. The molecule has 0 atom stereocenters. The molecule has 0 saturated carbocycles. The standard InChI is InChI=1S/C33H21NS.C15H12N2S/c1-20-10-14-22(15-11-20)34-28-8-4-2-6-23(28)25-18-17-24-26(33(25)34)16-12-21-13-19-30-32(31(21)24)27-7-3-5-9-29(27)35-30;16-13(10-6-2-1-3-7-10)15-14(17)11-8-4-5-9-12(11)18-15/h2-19H,1H3;1-9,16H,17H2. The van der Waals surface area contributed by atoms with Crippen molar-refractivity contribution >= 4 is 108 Å². The first-order chi connectivity index (χ1) is 26.0. The molecule has 3 N–H and O–H groups in total. The number of aromatic nitrogens is 1. The van der Waals surface area contributed by atoms with Gasteiger partial charge in [-0.25, -0.2) is 0 Å². The number of para-hydroxylation sites is 1. The molecule has 0 spiro atoms. The molecule has 3 nitrogen and oxygen atoms in total. The van der Waals surface area contributed by atoms with Crippen LogP contribution < -0.4 is 5.73 Å². The lowest BCUT2D eigenvalue weighted by atomic mass is 9.96. The van der Waals surface area contributed by atoms with Gasteiger partial charge in [-0.1, -0.05) is 133 Å². The van der Waals surface area contributed by atoms with Gasteiger partial charge >= 0.3 is 0 Å². The van der Waals surface area contributed by atoms with E-state index in [2.05, 4.69) is 121 Å². The van der Waals surface area contributed by atoms with Gasteiger partial charge in [0.1, 0.15) is 0 Å². The van der Waals surface area contributed by atoms with Crippen LogP contribution in [0.5, 0.6) is 0 Å². The molecule has 0 unspecified atom stereocenters. The number of nitrogens with zero attached hydrogens (tertiary/aromatic N) is 1. The van der Waals surface area contributed by atoms with Gasteiger partial charge in [0.15, 0.2) is 0 Å². The third kappa shape index (κ3) is 5.04. The second kappa shape index (κ2) is 12.4. The fourth-order valence-corrected chi connectivity index (χ4v) is 10.1. The first kappa shape index (κ1) is 31.5. The molecule has 11 rings (SSSR count). The Morgan fingerprint density at radius 1 is 0.509 bits per heavy atom. The van der Waals surface area contributed by atoms with Crippen LogP contribution in [0.25, 0.3) is 79.3 Å². The fourth-order valence-electron chi connectivity index (χ4n) is 7.85. The molecule has 0 aliphatic heterocycles. The van der Waals surface area contributed by atoms with Crippen molar-refractivity contribution in [3.63, 3.8) is 0 Å². The van der Waals surface area contributed by atoms with Crippen LogP contribution in [0.2, 0.25) is 0 Å². The monoisotopic (exact) mass is 715 g/mol. The summed E-state index contributed by atoms with van der Waals surface area (Å²) >= 11 is 3.47. The maximum atomic E-state index is 8.27. The van der Waals surface area contributed by atoms with Gasteiger partial charge in [-0.05, 0) is 59.5 Å². The molecule has 53 heavy (non-hydrogen) atoms. The first-order valence-corrected chi connectivity index (χ1v) is 19.4. The van der Waals surface area contributed by atoms with Crippen molar-refractivity contribution < 1.29 is 0 Å². The van der Waals surface area contributed by atoms with E-state index in [-0.39, 0.29) is 0 Å². The Morgan fingerprint density at radius 3 is 1.89 bits per heavy atom. The number of anilines is 1. The van der Waals surface area contributed by atoms with E-state index in [4.69, 9.17) is 11.1 Å². The molecule has 0 radical (unpaired) electrons. The number of nitrogen functional groups attached to an aromatic ring is 1. The van der Waals surface area contributed by atoms with Crippen LogP contribution >= 0.6 is 22.7 Å². The van der Waals surface area contributed by atoms with E-state index in [1.807, 2.05) is 65.9 Å². The molecule has 5 heteroatoms. The minimum absolute atomic E-state index is 0.495. The minimum atomic E-state index is 0.495. The third-order valence-corrected chi connectivity index (χ3v) is 12.7. The van der Waals surface area contributed by atoms with Crippen LogP contribution in [0.1, 0.15) is 16.0 Å². The Hall–Kier alpha value is -6.27. The van der Waals surface area contributed by atoms with Gasteiger partial charge < -0.3 is 10.3 Å². The van der Waals surface area contributed by atoms with Gasteiger partial charge in [0.25, 0.3) is 0 Å². The summed E-state index contributed by atoms with van der Waals surface area (Å²) in [5.41, 5.74) is 13.3. The lowest BCUT2D eigenvalue weighted by molar-refractivity contribution is 1.18. The minimum Gasteiger partial charge on any atom is -0.397 e. The molecular weight excluding hydrogens is 683 g/mol. The molecule has 11 aromatic rings. The molecule has 3 heterocycles. The Kier molecular flexibility index (Phi) is 7.39. The van der Waals surface area contributed by atoms with Crippen LogP contribution in [0.4, 0.5) is 5.69 Å². The first-order valence-electron chi connectivity index (χ1n) is 17.7. The zero-order valence-electron chi connectivity index (χ0n) is 28.9. The fraction of sp³-hybridized carbons (Fsp3) is 0.0208. The molecule has 0 fully saturated rings. The normalized spacial score (nSPS) is 11.6. The van der Waals surface area contributed by atoms with E-state index in [1.165, 1.54) is 74.8 Å². The number of benzene rings is 8. The summed E-state index contributed by atoms with van der Waals surface area (Å²) < 4.78 is 6.28. The van der Waals surface area contributed by atoms with E-state index in [1.54, 1.807) is 11.3 Å². The van der Waals surface area contributed by atoms with Gasteiger partial charge in [-0.3, -0.25) is 5.41 Å². The lowest BCUT2D eigenvalue weighted by Crippen LogP contribution is -2.01. The lowest BCUT2D eigenvalue weighted by Gasteiger charge is -2.12. The van der Waals surface area contributed by atoms with Gasteiger partial charge in [0.05, 0.1) is 27.3 Å². The van der Waals surface area contributed by atoms with E-state index in [0.717, 1.165) is 20.5 Å². The van der Waals surface area contributed by atoms with Crippen molar-refractivity contribution in [2.45, 2.75) is 6.92 Å². The highest BCUT2D eigenvalue weighted by Crippen LogP contribution is 2.44. The topological polar surface area (TPSA) is 54.8 Å². The maximum absolute atomic E-state index is 8.27. The van der Waals surface area contributed by atoms with Gasteiger partial charge in [-0.2, -0.15) is 0 Å². The molecule has 252 valence electrons. The Morgan fingerprint density at radius 2 is 1.11 bits per heavy atom. The van der Waals surface area contributed by atoms with Crippen molar-refractivity contribution in [3.05, 3.63) is 180 Å². The number of fused-ring (bicyclic) bond motifs is 12. The maximum Gasteiger partial charge on any atom is 0.0805 e. The van der Waals surface area contributed by atoms with Crippen molar-refractivity contribution in [3.8, 4) is 5.69 Å². The summed E-state index contributed by atoms with van der Waals surface area (Å²) in [6.45, 7) is 2.15. The molecule has 0 aliphatic rings. The molecule has 0 aliphatic carbocycles.